The molecule has 21 heavy (non-hydrogen) atoms. The lowest BCUT2D eigenvalue weighted by Crippen LogP contribution is -2.54. The topological polar surface area (TPSA) is 53.6 Å². The Labute approximate surface area is 128 Å². The van der Waals surface area contributed by atoms with Gasteiger partial charge in [0.05, 0.1) is 18.8 Å². The molecule has 2 fully saturated rings. The Morgan fingerprint density at radius 3 is 2.95 bits per heavy atom. The maximum absolute atomic E-state index is 12.1. The molecule has 0 aromatic heterocycles. The minimum Gasteiger partial charge on any atom is -0.374 e. The van der Waals surface area contributed by atoms with Crippen molar-refractivity contribution in [3.63, 3.8) is 0 Å². The van der Waals surface area contributed by atoms with E-state index < -0.39 is 0 Å². The van der Waals surface area contributed by atoms with Gasteiger partial charge in [-0.2, -0.15) is 0 Å². The molecule has 0 aromatic carbocycles. The lowest BCUT2D eigenvalue weighted by atomic mass is 10.0. The maximum atomic E-state index is 12.1. The molecule has 5 nitrogen and oxygen atoms in total. The summed E-state index contributed by atoms with van der Waals surface area (Å²) < 4.78 is 5.91. The molecule has 0 aromatic rings. The molecule has 0 bridgehead atoms. The summed E-state index contributed by atoms with van der Waals surface area (Å²) in [5.74, 6) is 0.0664. The van der Waals surface area contributed by atoms with E-state index in [1.807, 2.05) is 6.92 Å². The highest BCUT2D eigenvalue weighted by atomic mass is 16.5. The molecule has 2 aliphatic rings. The van der Waals surface area contributed by atoms with E-state index in [0.29, 0.717) is 6.04 Å². The van der Waals surface area contributed by atoms with Crippen molar-refractivity contribution < 1.29 is 9.53 Å². The minimum atomic E-state index is -0.185. The molecule has 0 saturated carbocycles. The van der Waals surface area contributed by atoms with Crippen molar-refractivity contribution in [2.75, 3.05) is 26.2 Å². The molecule has 5 heteroatoms. The van der Waals surface area contributed by atoms with Crippen LogP contribution in [0.2, 0.25) is 0 Å². The molecule has 2 saturated heterocycles. The predicted molar refractivity (Wildman–Crippen MR) is 84.3 cm³/mol. The summed E-state index contributed by atoms with van der Waals surface area (Å²) >= 11 is 0. The number of amides is 1. The maximum Gasteiger partial charge on any atom is 0.237 e. The first-order valence-electron chi connectivity index (χ1n) is 8.32. The van der Waals surface area contributed by atoms with Crippen LogP contribution in [0, 0.1) is 0 Å². The summed E-state index contributed by atoms with van der Waals surface area (Å²) in [4.78, 5) is 14.7. The van der Waals surface area contributed by atoms with E-state index in [-0.39, 0.29) is 23.6 Å². The van der Waals surface area contributed by atoms with E-state index in [9.17, 15) is 4.79 Å². The monoisotopic (exact) mass is 297 g/mol. The van der Waals surface area contributed by atoms with E-state index in [4.69, 9.17) is 4.74 Å². The van der Waals surface area contributed by atoms with E-state index in [0.717, 1.165) is 26.1 Å². The number of nitrogens with one attached hydrogen (secondary N) is 2. The van der Waals surface area contributed by atoms with Gasteiger partial charge in [0, 0.05) is 24.7 Å². The Morgan fingerprint density at radius 2 is 2.24 bits per heavy atom. The van der Waals surface area contributed by atoms with Crippen LogP contribution in [0.1, 0.15) is 47.0 Å². The first-order chi connectivity index (χ1) is 9.91. The Balaban J connectivity index is 1.71. The van der Waals surface area contributed by atoms with E-state index in [1.54, 1.807) is 0 Å². The summed E-state index contributed by atoms with van der Waals surface area (Å²) in [5.41, 5.74) is -0.142. The van der Waals surface area contributed by atoms with Crippen molar-refractivity contribution in [2.24, 2.45) is 0 Å². The summed E-state index contributed by atoms with van der Waals surface area (Å²) in [6.45, 7) is 11.9. The van der Waals surface area contributed by atoms with Crippen molar-refractivity contribution in [3.05, 3.63) is 0 Å². The third-order valence-electron chi connectivity index (χ3n) is 4.85. The fraction of sp³-hybridized carbons (Fsp3) is 0.938. The van der Waals surface area contributed by atoms with Gasteiger partial charge in [-0.25, -0.2) is 0 Å². The van der Waals surface area contributed by atoms with Crippen molar-refractivity contribution in [3.8, 4) is 0 Å². The number of hydrogen-bond donors (Lipinski definition) is 2. The molecule has 122 valence electrons. The third kappa shape index (κ3) is 4.66. The second-order valence-electron chi connectivity index (χ2n) is 7.10. The number of ether oxygens (including phenoxy) is 1. The van der Waals surface area contributed by atoms with Gasteiger partial charge in [-0.15, -0.1) is 0 Å². The molecule has 2 N–H and O–H groups in total. The zero-order chi connectivity index (χ0) is 15.5. The van der Waals surface area contributed by atoms with Crippen LogP contribution in [0.15, 0.2) is 0 Å². The largest absolute Gasteiger partial charge is 0.374 e. The Bertz CT molecular complexity index is 359. The standard InChI is InChI=1S/C16H31N3O2/c1-5-16(3,4)18-15(20)12(2)17-9-14-10-19-8-6-7-13(19)11-21-14/h12-14,17H,5-11H2,1-4H3,(H,18,20). The highest BCUT2D eigenvalue weighted by Crippen LogP contribution is 2.22. The summed E-state index contributed by atoms with van der Waals surface area (Å²) in [6.07, 6.45) is 3.69. The van der Waals surface area contributed by atoms with Crippen LogP contribution < -0.4 is 10.6 Å². The molecule has 2 heterocycles. The van der Waals surface area contributed by atoms with Gasteiger partial charge in [0.15, 0.2) is 0 Å². The van der Waals surface area contributed by atoms with Gasteiger partial charge in [-0.05, 0) is 46.6 Å². The average molecular weight is 297 g/mol. The fourth-order valence-electron chi connectivity index (χ4n) is 2.94. The first-order valence-corrected chi connectivity index (χ1v) is 8.32. The number of morpholine rings is 1. The molecule has 0 aliphatic carbocycles. The number of rotatable bonds is 6. The molecule has 1 amide bonds. The molecular formula is C16H31N3O2. The molecular weight excluding hydrogens is 266 g/mol. The Hall–Kier alpha value is -0.650. The van der Waals surface area contributed by atoms with Gasteiger partial charge in [-0.3, -0.25) is 9.69 Å². The molecule has 2 aliphatic heterocycles. The number of hydrogen-bond acceptors (Lipinski definition) is 4. The molecule has 2 rings (SSSR count). The number of nitrogens with zero attached hydrogens (tertiary/aromatic N) is 1. The average Bonchev–Trinajstić information content (AvgIpc) is 2.91. The summed E-state index contributed by atoms with van der Waals surface area (Å²) in [7, 11) is 0. The van der Waals surface area contributed by atoms with Crippen LogP contribution in [0.25, 0.3) is 0 Å². The van der Waals surface area contributed by atoms with Crippen molar-refractivity contribution in [2.45, 2.75) is 70.7 Å². The second kappa shape index (κ2) is 7.07. The smallest absolute Gasteiger partial charge is 0.237 e. The molecule has 0 spiro atoms. The van der Waals surface area contributed by atoms with Gasteiger partial charge >= 0.3 is 0 Å². The van der Waals surface area contributed by atoms with E-state index >= 15 is 0 Å². The van der Waals surface area contributed by atoms with Gasteiger partial charge in [0.1, 0.15) is 0 Å². The second-order valence-corrected chi connectivity index (χ2v) is 7.10. The normalized spacial score (nSPS) is 28.2. The summed E-state index contributed by atoms with van der Waals surface area (Å²) in [6, 6.07) is 0.447. The Morgan fingerprint density at radius 1 is 1.48 bits per heavy atom. The van der Waals surface area contributed by atoms with Crippen LogP contribution in [0.3, 0.4) is 0 Å². The molecule has 0 radical (unpaired) electrons. The first kappa shape index (κ1) is 16.7. The zero-order valence-corrected chi connectivity index (χ0v) is 13.9. The van der Waals surface area contributed by atoms with Crippen molar-refractivity contribution in [1.82, 2.24) is 15.5 Å². The van der Waals surface area contributed by atoms with Crippen LogP contribution in [0.4, 0.5) is 0 Å². The Kier molecular flexibility index (Phi) is 5.63. The van der Waals surface area contributed by atoms with Gasteiger partial charge < -0.3 is 15.4 Å². The van der Waals surface area contributed by atoms with Crippen LogP contribution in [-0.2, 0) is 9.53 Å². The number of carbonyl (C=O) groups is 1. The number of fused-ring (bicyclic) bond motifs is 1. The lowest BCUT2D eigenvalue weighted by molar-refractivity contribution is -0.124. The van der Waals surface area contributed by atoms with Crippen molar-refractivity contribution >= 4 is 5.91 Å². The SMILES string of the molecule is CCC(C)(C)NC(=O)C(C)NCC1CN2CCCC2CO1. The quantitative estimate of drug-likeness (QED) is 0.772. The summed E-state index contributed by atoms with van der Waals surface area (Å²) in [5, 5.41) is 6.39. The van der Waals surface area contributed by atoms with Gasteiger partial charge in [-0.1, -0.05) is 6.92 Å². The van der Waals surface area contributed by atoms with E-state index in [1.165, 1.54) is 19.4 Å². The van der Waals surface area contributed by atoms with Crippen LogP contribution >= 0.6 is 0 Å². The number of carbonyl (C=O) groups excluding carboxylic acids is 1. The molecule has 3 atom stereocenters. The van der Waals surface area contributed by atoms with E-state index in [2.05, 4.69) is 36.3 Å². The van der Waals surface area contributed by atoms with Gasteiger partial charge in [0.25, 0.3) is 0 Å². The van der Waals surface area contributed by atoms with Crippen LogP contribution in [-0.4, -0.2) is 60.8 Å². The highest BCUT2D eigenvalue weighted by Gasteiger charge is 2.32. The third-order valence-corrected chi connectivity index (χ3v) is 4.85. The van der Waals surface area contributed by atoms with Gasteiger partial charge in [0.2, 0.25) is 5.91 Å². The fourth-order valence-corrected chi connectivity index (χ4v) is 2.94. The van der Waals surface area contributed by atoms with Crippen molar-refractivity contribution in [1.29, 1.82) is 0 Å². The lowest BCUT2D eigenvalue weighted by Gasteiger charge is -2.35. The highest BCUT2D eigenvalue weighted by molar-refractivity contribution is 5.81. The van der Waals surface area contributed by atoms with Crippen LogP contribution in [0.5, 0.6) is 0 Å². The minimum absolute atomic E-state index is 0.0664. The zero-order valence-electron chi connectivity index (χ0n) is 13.9. The predicted octanol–water partition coefficient (Wildman–Crippen LogP) is 1.13. The molecule has 3 unspecified atom stereocenters.